The molecule has 2 saturated heterocycles. The monoisotopic (exact) mass is 374 g/mol. The van der Waals surface area contributed by atoms with Gasteiger partial charge in [0, 0.05) is 23.8 Å². The molecule has 4 rings (SSSR count). The summed E-state index contributed by atoms with van der Waals surface area (Å²) < 4.78 is 5.65. The molecule has 3 aliphatic rings. The highest BCUT2D eigenvalue weighted by atomic mass is 32.2. The zero-order valence-electron chi connectivity index (χ0n) is 14.6. The van der Waals surface area contributed by atoms with Gasteiger partial charge < -0.3 is 15.0 Å². The van der Waals surface area contributed by atoms with Gasteiger partial charge in [-0.1, -0.05) is 30.3 Å². The van der Waals surface area contributed by atoms with Gasteiger partial charge in [0.2, 0.25) is 12.0 Å². The highest BCUT2D eigenvalue weighted by molar-refractivity contribution is 8.01. The number of benzene rings is 1. The zero-order chi connectivity index (χ0) is 18.3. The molecule has 6 nitrogen and oxygen atoms in total. The van der Waals surface area contributed by atoms with Crippen molar-refractivity contribution in [2.75, 3.05) is 5.75 Å². The average molecular weight is 374 g/mol. The molecule has 138 valence electrons. The van der Waals surface area contributed by atoms with Gasteiger partial charge in [0.1, 0.15) is 6.04 Å². The molecule has 1 aliphatic carbocycles. The molecule has 0 bridgehead atoms. The first-order valence-electron chi connectivity index (χ1n) is 9.00. The third-order valence-corrected chi connectivity index (χ3v) is 6.72. The zero-order valence-corrected chi connectivity index (χ0v) is 15.5. The lowest BCUT2D eigenvalue weighted by Gasteiger charge is -2.30. The minimum Gasteiger partial charge on any atom is -0.446 e. The van der Waals surface area contributed by atoms with Crippen LogP contribution in [0.25, 0.3) is 0 Å². The maximum atomic E-state index is 12.9. The second kappa shape index (κ2) is 6.61. The Morgan fingerprint density at radius 1 is 1.31 bits per heavy atom. The van der Waals surface area contributed by atoms with Gasteiger partial charge in [-0.2, -0.15) is 0 Å². The van der Waals surface area contributed by atoms with E-state index in [9.17, 15) is 14.4 Å². The molecule has 7 heteroatoms. The van der Waals surface area contributed by atoms with Crippen LogP contribution in [0.4, 0.5) is 0 Å². The molecule has 1 aromatic rings. The molecular weight excluding hydrogens is 352 g/mol. The number of esters is 1. The van der Waals surface area contributed by atoms with Gasteiger partial charge in [0.25, 0.3) is 5.91 Å². The van der Waals surface area contributed by atoms with Crippen molar-refractivity contribution in [1.82, 2.24) is 10.2 Å². The predicted molar refractivity (Wildman–Crippen MR) is 97.2 cm³/mol. The van der Waals surface area contributed by atoms with E-state index in [2.05, 4.69) is 5.32 Å². The molecule has 2 heterocycles. The summed E-state index contributed by atoms with van der Waals surface area (Å²) in [5, 5.41) is 2.91. The summed E-state index contributed by atoms with van der Waals surface area (Å²) in [6.07, 6.45) is 2.13. The molecule has 26 heavy (non-hydrogen) atoms. The van der Waals surface area contributed by atoms with E-state index in [1.807, 2.05) is 25.1 Å². The minimum absolute atomic E-state index is 0.0156. The van der Waals surface area contributed by atoms with Crippen molar-refractivity contribution in [3.05, 3.63) is 35.9 Å². The van der Waals surface area contributed by atoms with Gasteiger partial charge in [0.05, 0.1) is 4.87 Å². The van der Waals surface area contributed by atoms with Crippen LogP contribution in [-0.2, 0) is 19.1 Å². The van der Waals surface area contributed by atoms with E-state index < -0.39 is 18.1 Å². The van der Waals surface area contributed by atoms with Crippen molar-refractivity contribution < 1.29 is 19.1 Å². The summed E-state index contributed by atoms with van der Waals surface area (Å²) in [5.74, 6) is -0.310. The number of hydrogen-bond donors (Lipinski definition) is 1. The number of carbonyl (C=O) groups excluding carboxylic acids is 3. The van der Waals surface area contributed by atoms with Gasteiger partial charge in [0.15, 0.2) is 0 Å². The Morgan fingerprint density at radius 3 is 2.73 bits per heavy atom. The van der Waals surface area contributed by atoms with Crippen molar-refractivity contribution in [2.24, 2.45) is 0 Å². The first-order valence-corrected chi connectivity index (χ1v) is 9.98. The third kappa shape index (κ3) is 3.20. The third-order valence-electron chi connectivity index (χ3n) is 5.22. The molecule has 2 amide bonds. The van der Waals surface area contributed by atoms with Crippen molar-refractivity contribution in [3.63, 3.8) is 0 Å². The maximum absolute atomic E-state index is 12.9. The van der Waals surface area contributed by atoms with Crippen LogP contribution in [0.2, 0.25) is 0 Å². The summed E-state index contributed by atoms with van der Waals surface area (Å²) >= 11 is 1.61. The quantitative estimate of drug-likeness (QED) is 0.798. The molecular formula is C19H22N2O4S. The fourth-order valence-electron chi connectivity index (χ4n) is 3.60. The van der Waals surface area contributed by atoms with Crippen molar-refractivity contribution in [2.45, 2.75) is 55.7 Å². The van der Waals surface area contributed by atoms with Crippen LogP contribution < -0.4 is 5.32 Å². The molecule has 3 fully saturated rings. The Labute approximate surface area is 156 Å². The lowest BCUT2D eigenvalue weighted by atomic mass is 10.1. The van der Waals surface area contributed by atoms with E-state index in [1.165, 1.54) is 0 Å². The Hall–Kier alpha value is -2.02. The Kier molecular flexibility index (Phi) is 4.42. The number of nitrogens with one attached hydrogen (secondary N) is 1. The van der Waals surface area contributed by atoms with Gasteiger partial charge in [-0.15, -0.1) is 11.8 Å². The molecule has 0 unspecified atom stereocenters. The number of thioether (sulfide) groups is 1. The first-order chi connectivity index (χ1) is 12.5. The van der Waals surface area contributed by atoms with Crippen LogP contribution in [0, 0.1) is 0 Å². The molecule has 1 saturated carbocycles. The smallest absolute Gasteiger partial charge is 0.330 e. The van der Waals surface area contributed by atoms with Gasteiger partial charge >= 0.3 is 5.97 Å². The standard InChI is InChI=1S/C19H22N2O4S/c1-19-10-9-15(22)21(19)14(11-26-19)18(24)25-16(12-5-3-2-4-6-12)17(23)20-13-7-8-13/h2-6,13-14,16H,7-11H2,1H3,(H,20,23)/t14-,16-,19+/m0/s1. The number of hydrogen-bond acceptors (Lipinski definition) is 5. The van der Waals surface area contributed by atoms with Crippen LogP contribution in [0.15, 0.2) is 30.3 Å². The van der Waals surface area contributed by atoms with Crippen molar-refractivity contribution in [3.8, 4) is 0 Å². The predicted octanol–water partition coefficient (Wildman–Crippen LogP) is 2.00. The highest BCUT2D eigenvalue weighted by Gasteiger charge is 2.54. The van der Waals surface area contributed by atoms with Gasteiger partial charge in [-0.25, -0.2) is 4.79 Å². The van der Waals surface area contributed by atoms with Gasteiger partial charge in [-0.05, 0) is 26.2 Å². The first kappa shape index (κ1) is 17.4. The maximum Gasteiger partial charge on any atom is 0.330 e. The lowest BCUT2D eigenvalue weighted by Crippen LogP contribution is -2.47. The van der Waals surface area contributed by atoms with E-state index >= 15 is 0 Å². The van der Waals surface area contributed by atoms with E-state index in [1.54, 1.807) is 28.8 Å². The molecule has 0 spiro atoms. The van der Waals surface area contributed by atoms with E-state index in [4.69, 9.17) is 4.74 Å². The largest absolute Gasteiger partial charge is 0.446 e. The topological polar surface area (TPSA) is 75.7 Å². The van der Waals surface area contributed by atoms with E-state index in [0.29, 0.717) is 17.7 Å². The Balaban J connectivity index is 1.52. The summed E-state index contributed by atoms with van der Waals surface area (Å²) in [7, 11) is 0. The summed E-state index contributed by atoms with van der Waals surface area (Å²) in [5.41, 5.74) is 0.639. The van der Waals surface area contributed by atoms with Crippen LogP contribution in [0.3, 0.4) is 0 Å². The van der Waals surface area contributed by atoms with Crippen LogP contribution in [0.5, 0.6) is 0 Å². The molecule has 1 N–H and O–H groups in total. The molecule has 2 aliphatic heterocycles. The fourth-order valence-corrected chi connectivity index (χ4v) is 5.01. The number of rotatable bonds is 5. The number of nitrogens with zero attached hydrogens (tertiary/aromatic N) is 1. The molecule has 0 radical (unpaired) electrons. The number of ether oxygens (including phenoxy) is 1. The SMILES string of the molecule is C[C@@]12CCC(=O)N1[C@H](C(=O)O[C@H](C(=O)NC1CC1)c1ccccc1)CS2. The van der Waals surface area contributed by atoms with Crippen molar-refractivity contribution >= 4 is 29.5 Å². The molecule has 3 atom stereocenters. The number of amides is 2. The van der Waals surface area contributed by atoms with Gasteiger partial charge in [-0.3, -0.25) is 9.59 Å². The summed E-state index contributed by atoms with van der Waals surface area (Å²) in [4.78, 5) is 39.0. The molecule has 0 aromatic heterocycles. The second-order valence-electron chi connectivity index (χ2n) is 7.28. The van der Waals surface area contributed by atoms with E-state index in [0.717, 1.165) is 19.3 Å². The minimum atomic E-state index is -0.987. The van der Waals surface area contributed by atoms with Crippen molar-refractivity contribution in [1.29, 1.82) is 0 Å². The van der Waals surface area contributed by atoms with Crippen LogP contribution >= 0.6 is 11.8 Å². The highest BCUT2D eigenvalue weighted by Crippen LogP contribution is 2.47. The van der Waals surface area contributed by atoms with Crippen LogP contribution in [0.1, 0.15) is 44.3 Å². The number of fused-ring (bicyclic) bond motifs is 1. The fraction of sp³-hybridized carbons (Fsp3) is 0.526. The average Bonchev–Trinajstić information content (AvgIpc) is 3.30. The second-order valence-corrected chi connectivity index (χ2v) is 8.78. The van der Waals surface area contributed by atoms with Crippen LogP contribution in [-0.4, -0.2) is 45.4 Å². The Morgan fingerprint density at radius 2 is 2.04 bits per heavy atom. The lowest BCUT2D eigenvalue weighted by molar-refractivity contribution is -0.163. The summed E-state index contributed by atoms with van der Waals surface area (Å²) in [6, 6.07) is 8.58. The normalized spacial score (nSPS) is 28.6. The van der Waals surface area contributed by atoms with E-state index in [-0.39, 0.29) is 22.7 Å². The molecule has 1 aromatic carbocycles. The number of carbonyl (C=O) groups is 3. The Bertz CT molecular complexity index is 736. The summed E-state index contributed by atoms with van der Waals surface area (Å²) in [6.45, 7) is 1.99.